The molecule has 0 atom stereocenters. The highest BCUT2D eigenvalue weighted by atomic mass is 127. The standard InChI is InChI=1S/C8H15IO2/c1-2-3-8(4-5-9)10-6-7-11-8/h2-7H2,1H3. The minimum atomic E-state index is -0.212. The summed E-state index contributed by atoms with van der Waals surface area (Å²) in [6, 6.07) is 0. The predicted molar refractivity (Wildman–Crippen MR) is 53.0 cm³/mol. The Morgan fingerprint density at radius 1 is 1.27 bits per heavy atom. The number of hydrogen-bond donors (Lipinski definition) is 0. The molecule has 1 aliphatic heterocycles. The summed E-state index contributed by atoms with van der Waals surface area (Å²) in [5.41, 5.74) is 0. The van der Waals surface area contributed by atoms with Gasteiger partial charge in [-0.1, -0.05) is 35.9 Å². The minimum Gasteiger partial charge on any atom is -0.348 e. The maximum atomic E-state index is 5.59. The molecule has 3 heteroatoms. The van der Waals surface area contributed by atoms with E-state index < -0.39 is 0 Å². The fourth-order valence-electron chi connectivity index (χ4n) is 1.44. The molecule has 0 spiro atoms. The van der Waals surface area contributed by atoms with E-state index in [1.54, 1.807) is 0 Å². The molecule has 1 fully saturated rings. The molecular weight excluding hydrogens is 255 g/mol. The summed E-state index contributed by atoms with van der Waals surface area (Å²) in [6.07, 6.45) is 3.20. The lowest BCUT2D eigenvalue weighted by molar-refractivity contribution is -0.162. The second-order valence-electron chi connectivity index (χ2n) is 2.80. The molecule has 1 aliphatic rings. The topological polar surface area (TPSA) is 18.5 Å². The van der Waals surface area contributed by atoms with Crippen LogP contribution in [0.25, 0.3) is 0 Å². The molecule has 0 aliphatic carbocycles. The fourth-order valence-corrected chi connectivity index (χ4v) is 2.26. The van der Waals surface area contributed by atoms with E-state index >= 15 is 0 Å². The van der Waals surface area contributed by atoms with Crippen molar-refractivity contribution in [3.05, 3.63) is 0 Å². The Hall–Kier alpha value is 0.650. The zero-order valence-electron chi connectivity index (χ0n) is 6.94. The van der Waals surface area contributed by atoms with E-state index in [9.17, 15) is 0 Å². The van der Waals surface area contributed by atoms with E-state index in [2.05, 4.69) is 29.5 Å². The highest BCUT2D eigenvalue weighted by Crippen LogP contribution is 2.29. The van der Waals surface area contributed by atoms with Gasteiger partial charge >= 0.3 is 0 Å². The molecule has 0 saturated carbocycles. The van der Waals surface area contributed by atoms with Gasteiger partial charge in [-0.25, -0.2) is 0 Å². The SMILES string of the molecule is CCCC1(CCI)OCCO1. The van der Waals surface area contributed by atoms with E-state index in [1.165, 1.54) is 0 Å². The number of halogens is 1. The van der Waals surface area contributed by atoms with Crippen molar-refractivity contribution in [2.45, 2.75) is 32.0 Å². The molecule has 0 N–H and O–H groups in total. The first kappa shape index (κ1) is 9.74. The van der Waals surface area contributed by atoms with Crippen LogP contribution in [0, 0.1) is 0 Å². The second-order valence-corrected chi connectivity index (χ2v) is 3.88. The summed E-state index contributed by atoms with van der Waals surface area (Å²) in [5.74, 6) is -0.212. The van der Waals surface area contributed by atoms with Gasteiger partial charge in [-0.3, -0.25) is 0 Å². The van der Waals surface area contributed by atoms with Gasteiger partial charge in [0, 0.05) is 17.3 Å². The van der Waals surface area contributed by atoms with Gasteiger partial charge in [0.1, 0.15) is 0 Å². The molecule has 0 radical (unpaired) electrons. The van der Waals surface area contributed by atoms with Gasteiger partial charge in [0.25, 0.3) is 0 Å². The van der Waals surface area contributed by atoms with Crippen LogP contribution in [0.2, 0.25) is 0 Å². The van der Waals surface area contributed by atoms with Crippen LogP contribution in [0.5, 0.6) is 0 Å². The van der Waals surface area contributed by atoms with Gasteiger partial charge in [0.2, 0.25) is 0 Å². The Balaban J connectivity index is 2.40. The maximum absolute atomic E-state index is 5.59. The number of alkyl halides is 1. The third kappa shape index (κ3) is 2.56. The van der Waals surface area contributed by atoms with Gasteiger partial charge in [-0.05, 0) is 0 Å². The molecule has 0 aromatic heterocycles. The second kappa shape index (κ2) is 4.62. The number of rotatable bonds is 4. The fraction of sp³-hybridized carbons (Fsp3) is 1.00. The van der Waals surface area contributed by atoms with Gasteiger partial charge in [0.05, 0.1) is 13.2 Å². The Kier molecular flexibility index (Phi) is 4.09. The molecule has 1 heterocycles. The third-order valence-electron chi connectivity index (χ3n) is 1.92. The van der Waals surface area contributed by atoms with Crippen molar-refractivity contribution in [1.29, 1.82) is 0 Å². The molecule has 2 nitrogen and oxygen atoms in total. The van der Waals surface area contributed by atoms with Crippen molar-refractivity contribution in [3.63, 3.8) is 0 Å². The molecular formula is C8H15IO2. The van der Waals surface area contributed by atoms with Crippen LogP contribution in [0.1, 0.15) is 26.2 Å². The van der Waals surface area contributed by atoms with Crippen molar-refractivity contribution in [2.24, 2.45) is 0 Å². The first-order valence-corrected chi connectivity index (χ1v) is 5.69. The quantitative estimate of drug-likeness (QED) is 0.576. The summed E-state index contributed by atoms with van der Waals surface area (Å²) < 4.78 is 12.3. The smallest absolute Gasteiger partial charge is 0.169 e. The lowest BCUT2D eigenvalue weighted by Crippen LogP contribution is -2.30. The van der Waals surface area contributed by atoms with Crippen LogP contribution in [0.3, 0.4) is 0 Å². The molecule has 1 saturated heterocycles. The van der Waals surface area contributed by atoms with Crippen LogP contribution in [0.15, 0.2) is 0 Å². The van der Waals surface area contributed by atoms with Crippen LogP contribution in [-0.2, 0) is 9.47 Å². The molecule has 0 aromatic carbocycles. The molecule has 0 unspecified atom stereocenters. The van der Waals surface area contributed by atoms with Crippen molar-refractivity contribution in [1.82, 2.24) is 0 Å². The molecule has 66 valence electrons. The van der Waals surface area contributed by atoms with Crippen molar-refractivity contribution >= 4 is 22.6 Å². The largest absolute Gasteiger partial charge is 0.348 e. The summed E-state index contributed by atoms with van der Waals surface area (Å²) in [4.78, 5) is 0. The lowest BCUT2D eigenvalue weighted by atomic mass is 10.1. The number of ether oxygens (including phenoxy) is 2. The summed E-state index contributed by atoms with van der Waals surface area (Å²) in [6.45, 7) is 3.72. The van der Waals surface area contributed by atoms with Crippen molar-refractivity contribution in [3.8, 4) is 0 Å². The molecule has 0 amide bonds. The normalized spacial score (nSPS) is 22.4. The molecule has 1 rings (SSSR count). The zero-order valence-corrected chi connectivity index (χ0v) is 9.09. The average molecular weight is 270 g/mol. The Morgan fingerprint density at radius 2 is 1.91 bits per heavy atom. The van der Waals surface area contributed by atoms with Crippen LogP contribution in [-0.4, -0.2) is 23.4 Å². The Bertz CT molecular complexity index is 103. The van der Waals surface area contributed by atoms with E-state index in [1.807, 2.05) is 0 Å². The van der Waals surface area contributed by atoms with Gasteiger partial charge in [0.15, 0.2) is 5.79 Å². The Labute approximate surface area is 81.8 Å². The lowest BCUT2D eigenvalue weighted by Gasteiger charge is -2.25. The Morgan fingerprint density at radius 3 is 2.36 bits per heavy atom. The first-order valence-electron chi connectivity index (χ1n) is 4.17. The average Bonchev–Trinajstić information content (AvgIpc) is 2.39. The summed E-state index contributed by atoms with van der Waals surface area (Å²) >= 11 is 2.37. The van der Waals surface area contributed by atoms with E-state index in [4.69, 9.17) is 9.47 Å². The summed E-state index contributed by atoms with van der Waals surface area (Å²) in [7, 11) is 0. The highest BCUT2D eigenvalue weighted by molar-refractivity contribution is 14.1. The predicted octanol–water partition coefficient (Wildman–Crippen LogP) is 2.35. The van der Waals surface area contributed by atoms with E-state index in [-0.39, 0.29) is 5.79 Å². The molecule has 0 bridgehead atoms. The first-order chi connectivity index (χ1) is 5.33. The third-order valence-corrected chi connectivity index (χ3v) is 2.46. The monoisotopic (exact) mass is 270 g/mol. The van der Waals surface area contributed by atoms with Gasteiger partial charge < -0.3 is 9.47 Å². The maximum Gasteiger partial charge on any atom is 0.169 e. The van der Waals surface area contributed by atoms with E-state index in [0.717, 1.165) is 36.9 Å². The minimum absolute atomic E-state index is 0.212. The molecule has 11 heavy (non-hydrogen) atoms. The molecule has 0 aromatic rings. The number of hydrogen-bond acceptors (Lipinski definition) is 2. The van der Waals surface area contributed by atoms with Crippen molar-refractivity contribution in [2.75, 3.05) is 17.6 Å². The van der Waals surface area contributed by atoms with Gasteiger partial charge in [-0.2, -0.15) is 0 Å². The van der Waals surface area contributed by atoms with Gasteiger partial charge in [-0.15, -0.1) is 0 Å². The van der Waals surface area contributed by atoms with E-state index in [0.29, 0.717) is 0 Å². The van der Waals surface area contributed by atoms with Crippen molar-refractivity contribution < 1.29 is 9.47 Å². The van der Waals surface area contributed by atoms with Crippen LogP contribution >= 0.6 is 22.6 Å². The summed E-state index contributed by atoms with van der Waals surface area (Å²) in [5, 5.41) is 0. The van der Waals surface area contributed by atoms with Crippen LogP contribution in [0.4, 0.5) is 0 Å². The zero-order chi connectivity index (χ0) is 8.16. The van der Waals surface area contributed by atoms with Crippen LogP contribution < -0.4 is 0 Å². The highest BCUT2D eigenvalue weighted by Gasteiger charge is 2.34.